The summed E-state index contributed by atoms with van der Waals surface area (Å²) in [6.45, 7) is 0. The largest absolute Gasteiger partial charge is 0.275 e. The van der Waals surface area contributed by atoms with Crippen molar-refractivity contribution in [2.24, 2.45) is 7.05 Å². The van der Waals surface area contributed by atoms with Gasteiger partial charge < -0.3 is 0 Å². The maximum absolute atomic E-state index is 12.5. The van der Waals surface area contributed by atoms with Crippen LogP contribution in [0.1, 0.15) is 20.7 Å². The van der Waals surface area contributed by atoms with Crippen LogP contribution in [0.3, 0.4) is 0 Å². The lowest BCUT2D eigenvalue weighted by molar-refractivity contribution is 0.0926. The molecule has 5 heteroatoms. The maximum atomic E-state index is 12.5. The van der Waals surface area contributed by atoms with Crippen molar-refractivity contribution in [2.45, 2.75) is 0 Å². The SMILES string of the molecule is Cn1cc2cccc(N3C(=O)c4ccccc4C3=O)c2n1. The van der Waals surface area contributed by atoms with Crippen LogP contribution in [0.15, 0.2) is 48.7 Å². The minimum atomic E-state index is -0.297. The van der Waals surface area contributed by atoms with E-state index in [2.05, 4.69) is 5.10 Å². The number of anilines is 1. The first kappa shape index (κ1) is 11.8. The van der Waals surface area contributed by atoms with Crippen LogP contribution in [0.4, 0.5) is 5.69 Å². The molecule has 0 spiro atoms. The van der Waals surface area contributed by atoms with E-state index in [0.29, 0.717) is 22.3 Å². The summed E-state index contributed by atoms with van der Waals surface area (Å²) >= 11 is 0. The molecule has 2 amide bonds. The number of benzene rings is 2. The van der Waals surface area contributed by atoms with E-state index in [4.69, 9.17) is 0 Å². The highest BCUT2D eigenvalue weighted by atomic mass is 16.2. The molecule has 0 fully saturated rings. The first-order chi connectivity index (χ1) is 10.2. The van der Waals surface area contributed by atoms with E-state index in [1.807, 2.05) is 25.4 Å². The Hall–Kier alpha value is -2.95. The maximum Gasteiger partial charge on any atom is 0.266 e. The van der Waals surface area contributed by atoms with E-state index in [0.717, 1.165) is 5.39 Å². The third-order valence-corrected chi connectivity index (χ3v) is 3.66. The lowest BCUT2D eigenvalue weighted by atomic mass is 10.1. The van der Waals surface area contributed by atoms with Crippen molar-refractivity contribution in [1.29, 1.82) is 0 Å². The highest BCUT2D eigenvalue weighted by molar-refractivity contribution is 6.35. The van der Waals surface area contributed by atoms with Crippen molar-refractivity contribution in [1.82, 2.24) is 9.78 Å². The number of amides is 2. The van der Waals surface area contributed by atoms with Gasteiger partial charge in [0.15, 0.2) is 0 Å². The topological polar surface area (TPSA) is 55.2 Å². The Balaban J connectivity index is 1.95. The van der Waals surface area contributed by atoms with Crippen molar-refractivity contribution in [3.63, 3.8) is 0 Å². The van der Waals surface area contributed by atoms with Crippen LogP contribution >= 0.6 is 0 Å². The van der Waals surface area contributed by atoms with Crippen LogP contribution in [0.2, 0.25) is 0 Å². The van der Waals surface area contributed by atoms with E-state index < -0.39 is 0 Å². The molecule has 0 unspecified atom stereocenters. The fourth-order valence-corrected chi connectivity index (χ4v) is 2.74. The second-order valence-corrected chi connectivity index (χ2v) is 5.01. The predicted octanol–water partition coefficient (Wildman–Crippen LogP) is 2.37. The summed E-state index contributed by atoms with van der Waals surface area (Å²) in [5.41, 5.74) is 2.06. The van der Waals surface area contributed by atoms with Crippen molar-refractivity contribution >= 4 is 28.4 Å². The molecule has 0 N–H and O–H groups in total. The molecule has 21 heavy (non-hydrogen) atoms. The van der Waals surface area contributed by atoms with Gasteiger partial charge in [0.1, 0.15) is 5.52 Å². The summed E-state index contributed by atoms with van der Waals surface area (Å²) in [5, 5.41) is 5.25. The molecule has 2 heterocycles. The Bertz CT molecular complexity index is 876. The van der Waals surface area contributed by atoms with E-state index in [9.17, 15) is 9.59 Å². The summed E-state index contributed by atoms with van der Waals surface area (Å²) < 4.78 is 1.67. The number of hydrogen-bond donors (Lipinski definition) is 0. The minimum absolute atomic E-state index is 0.297. The van der Waals surface area contributed by atoms with Gasteiger partial charge in [-0.1, -0.05) is 24.3 Å². The summed E-state index contributed by atoms with van der Waals surface area (Å²) in [4.78, 5) is 26.3. The van der Waals surface area contributed by atoms with Crippen LogP contribution in [-0.2, 0) is 7.05 Å². The van der Waals surface area contributed by atoms with E-state index in [-0.39, 0.29) is 11.8 Å². The molecule has 0 atom stereocenters. The van der Waals surface area contributed by atoms with E-state index >= 15 is 0 Å². The molecule has 3 aromatic rings. The molecular weight excluding hydrogens is 266 g/mol. The molecule has 0 radical (unpaired) electrons. The van der Waals surface area contributed by atoms with Crippen molar-refractivity contribution in [3.8, 4) is 0 Å². The molecule has 1 aliphatic heterocycles. The zero-order valence-corrected chi connectivity index (χ0v) is 11.3. The Morgan fingerprint density at radius 3 is 2.24 bits per heavy atom. The lowest BCUT2D eigenvalue weighted by Gasteiger charge is -2.14. The zero-order valence-electron chi connectivity index (χ0n) is 11.3. The lowest BCUT2D eigenvalue weighted by Crippen LogP contribution is -2.29. The Kier molecular flexibility index (Phi) is 2.27. The van der Waals surface area contributed by atoms with Crippen LogP contribution in [0.5, 0.6) is 0 Å². The second-order valence-electron chi connectivity index (χ2n) is 5.01. The van der Waals surface area contributed by atoms with Gasteiger partial charge in [-0.15, -0.1) is 0 Å². The highest BCUT2D eigenvalue weighted by Crippen LogP contribution is 2.32. The van der Waals surface area contributed by atoms with Gasteiger partial charge in [-0.05, 0) is 18.2 Å². The van der Waals surface area contributed by atoms with Gasteiger partial charge in [0, 0.05) is 18.6 Å². The van der Waals surface area contributed by atoms with Gasteiger partial charge in [0.05, 0.1) is 16.8 Å². The number of fused-ring (bicyclic) bond motifs is 2. The van der Waals surface area contributed by atoms with Gasteiger partial charge in [0.25, 0.3) is 11.8 Å². The number of hydrogen-bond acceptors (Lipinski definition) is 3. The summed E-state index contributed by atoms with van der Waals surface area (Å²) in [6.07, 6.45) is 1.86. The zero-order chi connectivity index (χ0) is 14.6. The first-order valence-corrected chi connectivity index (χ1v) is 6.57. The van der Waals surface area contributed by atoms with Gasteiger partial charge in [0.2, 0.25) is 0 Å². The monoisotopic (exact) mass is 277 g/mol. The van der Waals surface area contributed by atoms with Gasteiger partial charge in [-0.25, -0.2) is 4.90 Å². The molecule has 0 aliphatic carbocycles. The van der Waals surface area contributed by atoms with Crippen LogP contribution in [-0.4, -0.2) is 21.6 Å². The summed E-state index contributed by atoms with van der Waals surface area (Å²) in [5.74, 6) is -0.595. The van der Waals surface area contributed by atoms with E-state index in [1.54, 1.807) is 35.0 Å². The molecule has 0 saturated carbocycles. The molecule has 0 saturated heterocycles. The predicted molar refractivity (Wildman–Crippen MR) is 78.3 cm³/mol. The van der Waals surface area contributed by atoms with Crippen molar-refractivity contribution < 1.29 is 9.59 Å². The quantitative estimate of drug-likeness (QED) is 0.642. The van der Waals surface area contributed by atoms with Crippen molar-refractivity contribution in [2.75, 3.05) is 4.90 Å². The normalized spacial score (nSPS) is 14.0. The third kappa shape index (κ3) is 1.54. The molecule has 4 rings (SSSR count). The summed E-state index contributed by atoms with van der Waals surface area (Å²) in [6, 6.07) is 12.3. The van der Waals surface area contributed by atoms with Gasteiger partial charge in [-0.2, -0.15) is 5.10 Å². The molecular formula is C16H11N3O2. The van der Waals surface area contributed by atoms with Crippen molar-refractivity contribution in [3.05, 3.63) is 59.8 Å². The molecule has 102 valence electrons. The number of carbonyl (C=O) groups excluding carboxylic acids is 2. The Labute approximate surface area is 120 Å². The number of aromatic nitrogens is 2. The van der Waals surface area contributed by atoms with Crippen LogP contribution in [0, 0.1) is 0 Å². The van der Waals surface area contributed by atoms with Crippen LogP contribution in [0.25, 0.3) is 10.9 Å². The average Bonchev–Trinajstić information content (AvgIpc) is 2.98. The second kappa shape index (κ2) is 4.02. The number of aryl methyl sites for hydroxylation is 1. The molecule has 1 aromatic heterocycles. The Morgan fingerprint density at radius 2 is 1.57 bits per heavy atom. The molecule has 0 bridgehead atoms. The third-order valence-electron chi connectivity index (χ3n) is 3.66. The average molecular weight is 277 g/mol. The van der Waals surface area contributed by atoms with Gasteiger partial charge >= 0.3 is 0 Å². The standard InChI is InChI=1S/C16H11N3O2/c1-18-9-10-5-4-8-13(14(10)17-18)19-15(20)11-6-2-3-7-12(11)16(19)21/h2-9H,1H3. The minimum Gasteiger partial charge on any atom is -0.275 e. The smallest absolute Gasteiger partial charge is 0.266 e. The number of carbonyl (C=O) groups is 2. The molecule has 5 nitrogen and oxygen atoms in total. The molecule has 2 aromatic carbocycles. The van der Waals surface area contributed by atoms with E-state index in [1.165, 1.54) is 4.90 Å². The number of nitrogens with zero attached hydrogens (tertiary/aromatic N) is 3. The fraction of sp³-hybridized carbons (Fsp3) is 0.0625. The first-order valence-electron chi connectivity index (χ1n) is 6.57. The fourth-order valence-electron chi connectivity index (χ4n) is 2.74. The highest BCUT2D eigenvalue weighted by Gasteiger charge is 2.37. The summed E-state index contributed by atoms with van der Waals surface area (Å²) in [7, 11) is 1.81. The number of imide groups is 1. The Morgan fingerprint density at radius 1 is 0.905 bits per heavy atom. The van der Waals surface area contributed by atoms with Crippen LogP contribution < -0.4 is 4.90 Å². The molecule has 1 aliphatic rings. The van der Waals surface area contributed by atoms with Gasteiger partial charge in [-0.3, -0.25) is 14.3 Å². The number of rotatable bonds is 1.